The van der Waals surface area contributed by atoms with Gasteiger partial charge in [-0.3, -0.25) is 4.79 Å². The highest BCUT2D eigenvalue weighted by Crippen LogP contribution is 2.25. The summed E-state index contributed by atoms with van der Waals surface area (Å²) >= 11 is 0. The minimum atomic E-state index is -0.274. The maximum atomic E-state index is 12.9. The number of carbonyl (C=O) groups excluding carboxylic acids is 1. The van der Waals surface area contributed by atoms with Crippen LogP contribution in [0.3, 0.4) is 0 Å². The smallest absolute Gasteiger partial charge is 0.224 e. The number of nitrogens with two attached hydrogens (primary N) is 1. The van der Waals surface area contributed by atoms with E-state index in [9.17, 15) is 9.18 Å². The van der Waals surface area contributed by atoms with Gasteiger partial charge in [-0.2, -0.15) is 0 Å². The summed E-state index contributed by atoms with van der Waals surface area (Å²) in [4.78, 5) is 13.7. The number of nitrogens with zero attached hydrogens (tertiary/aromatic N) is 1. The first-order valence-electron chi connectivity index (χ1n) is 6.49. The Hall–Kier alpha value is -1.46. The Morgan fingerprint density at radius 1 is 1.42 bits per heavy atom. The van der Waals surface area contributed by atoms with Crippen LogP contribution in [-0.4, -0.2) is 36.5 Å². The third-order valence-corrected chi connectivity index (χ3v) is 3.21. The van der Waals surface area contributed by atoms with E-state index in [0.717, 1.165) is 5.56 Å². The molecule has 0 aromatic heterocycles. The zero-order valence-corrected chi connectivity index (χ0v) is 11.0. The lowest BCUT2D eigenvalue weighted by Gasteiger charge is -2.37. The first kappa shape index (κ1) is 14.0. The minimum absolute atomic E-state index is 0.0365. The molecule has 2 unspecified atom stereocenters. The fraction of sp³-hybridized carbons (Fsp3) is 0.500. The van der Waals surface area contributed by atoms with Gasteiger partial charge in [-0.1, -0.05) is 12.1 Å². The molecule has 104 valence electrons. The third-order valence-electron chi connectivity index (χ3n) is 3.21. The van der Waals surface area contributed by atoms with E-state index in [1.54, 1.807) is 17.0 Å². The molecule has 0 spiro atoms. The summed E-state index contributed by atoms with van der Waals surface area (Å²) in [6.07, 6.45) is 0.111. The number of benzene rings is 1. The van der Waals surface area contributed by atoms with Crippen LogP contribution in [-0.2, 0) is 9.53 Å². The van der Waals surface area contributed by atoms with Crippen LogP contribution in [0, 0.1) is 5.82 Å². The molecule has 1 aliphatic rings. The van der Waals surface area contributed by atoms with Gasteiger partial charge in [0.05, 0.1) is 12.6 Å². The van der Waals surface area contributed by atoms with E-state index in [0.29, 0.717) is 26.1 Å². The normalized spacial score (nSPS) is 23.4. The van der Waals surface area contributed by atoms with Gasteiger partial charge in [0.2, 0.25) is 5.91 Å². The van der Waals surface area contributed by atoms with Crippen molar-refractivity contribution in [3.8, 4) is 0 Å². The van der Waals surface area contributed by atoms with E-state index in [4.69, 9.17) is 10.5 Å². The lowest BCUT2D eigenvalue weighted by molar-refractivity contribution is -0.144. The van der Waals surface area contributed by atoms with E-state index >= 15 is 0 Å². The highest BCUT2D eigenvalue weighted by atomic mass is 19.1. The fourth-order valence-electron chi connectivity index (χ4n) is 2.30. The highest BCUT2D eigenvalue weighted by Gasteiger charge is 2.28. The van der Waals surface area contributed by atoms with Gasteiger partial charge in [0.25, 0.3) is 0 Å². The van der Waals surface area contributed by atoms with Crippen molar-refractivity contribution in [3.63, 3.8) is 0 Å². The Morgan fingerprint density at radius 2 is 2.11 bits per heavy atom. The predicted octanol–water partition coefficient (Wildman–Crippen LogP) is 1.46. The number of morpholine rings is 1. The summed E-state index contributed by atoms with van der Waals surface area (Å²) in [6.45, 7) is 3.36. The summed E-state index contributed by atoms with van der Waals surface area (Å²) in [5.41, 5.74) is 6.30. The summed E-state index contributed by atoms with van der Waals surface area (Å²) in [7, 11) is 0. The number of amides is 1. The molecule has 1 amide bonds. The Labute approximate surface area is 112 Å². The monoisotopic (exact) mass is 266 g/mol. The van der Waals surface area contributed by atoms with E-state index < -0.39 is 0 Å². The molecule has 1 saturated heterocycles. The van der Waals surface area contributed by atoms with Gasteiger partial charge < -0.3 is 15.4 Å². The second-order valence-corrected chi connectivity index (χ2v) is 4.82. The first-order valence-corrected chi connectivity index (χ1v) is 6.49. The highest BCUT2D eigenvalue weighted by molar-refractivity contribution is 5.76. The van der Waals surface area contributed by atoms with Crippen LogP contribution in [0.2, 0.25) is 0 Å². The van der Waals surface area contributed by atoms with E-state index in [2.05, 4.69) is 0 Å². The zero-order chi connectivity index (χ0) is 13.8. The molecule has 1 aromatic rings. The minimum Gasteiger partial charge on any atom is -0.367 e. The van der Waals surface area contributed by atoms with Crippen LogP contribution in [0.15, 0.2) is 24.3 Å². The Balaban J connectivity index is 2.09. The van der Waals surface area contributed by atoms with E-state index in [1.807, 2.05) is 6.92 Å². The van der Waals surface area contributed by atoms with Crippen molar-refractivity contribution in [2.45, 2.75) is 25.6 Å². The number of rotatable bonds is 3. The lowest BCUT2D eigenvalue weighted by atomic mass is 10.1. The topological polar surface area (TPSA) is 55.6 Å². The van der Waals surface area contributed by atoms with Gasteiger partial charge in [0.1, 0.15) is 11.9 Å². The van der Waals surface area contributed by atoms with Gasteiger partial charge in [0.15, 0.2) is 0 Å². The largest absolute Gasteiger partial charge is 0.367 e. The van der Waals surface area contributed by atoms with Crippen LogP contribution in [0.4, 0.5) is 4.39 Å². The van der Waals surface area contributed by atoms with Gasteiger partial charge in [-0.15, -0.1) is 0 Å². The molecule has 1 fully saturated rings. The average Bonchev–Trinajstić information content (AvgIpc) is 2.39. The maximum Gasteiger partial charge on any atom is 0.224 e. The molecule has 2 N–H and O–H groups in total. The molecule has 0 saturated carbocycles. The molecule has 0 aliphatic carbocycles. The van der Waals surface area contributed by atoms with Crippen molar-refractivity contribution in [1.82, 2.24) is 4.90 Å². The molecule has 0 radical (unpaired) electrons. The first-order chi connectivity index (χ1) is 9.10. The van der Waals surface area contributed by atoms with Crippen molar-refractivity contribution < 1.29 is 13.9 Å². The SMILES string of the molecule is CC1CN(C(=O)CCN)CC(c2ccc(F)cc2)O1. The predicted molar refractivity (Wildman–Crippen MR) is 69.9 cm³/mol. The molecular weight excluding hydrogens is 247 g/mol. The number of carbonyl (C=O) groups is 1. The lowest BCUT2D eigenvalue weighted by Crippen LogP contribution is -2.46. The number of ether oxygens (including phenoxy) is 1. The molecule has 1 aromatic carbocycles. The summed E-state index contributed by atoms with van der Waals surface area (Å²) in [6, 6.07) is 6.21. The van der Waals surface area contributed by atoms with Gasteiger partial charge in [-0.05, 0) is 24.6 Å². The van der Waals surface area contributed by atoms with Crippen molar-refractivity contribution in [3.05, 3.63) is 35.6 Å². The van der Waals surface area contributed by atoms with Crippen LogP contribution in [0.5, 0.6) is 0 Å². The van der Waals surface area contributed by atoms with Crippen LogP contribution in [0.1, 0.15) is 25.0 Å². The number of hydrogen-bond donors (Lipinski definition) is 1. The zero-order valence-electron chi connectivity index (χ0n) is 11.0. The number of hydrogen-bond acceptors (Lipinski definition) is 3. The molecule has 1 heterocycles. The van der Waals surface area contributed by atoms with Crippen molar-refractivity contribution in [2.75, 3.05) is 19.6 Å². The second-order valence-electron chi connectivity index (χ2n) is 4.82. The van der Waals surface area contributed by atoms with Crippen molar-refractivity contribution >= 4 is 5.91 Å². The molecule has 2 atom stereocenters. The molecule has 0 bridgehead atoms. The van der Waals surface area contributed by atoms with Gasteiger partial charge >= 0.3 is 0 Å². The maximum absolute atomic E-state index is 12.9. The standard InChI is InChI=1S/C14H19FN2O2/c1-10-8-17(14(18)6-7-16)9-13(19-10)11-2-4-12(15)5-3-11/h2-5,10,13H,6-9,16H2,1H3. The molecular formula is C14H19FN2O2. The fourth-order valence-corrected chi connectivity index (χ4v) is 2.30. The number of halogens is 1. The van der Waals surface area contributed by atoms with Gasteiger partial charge in [-0.25, -0.2) is 4.39 Å². The van der Waals surface area contributed by atoms with E-state index in [-0.39, 0.29) is 23.9 Å². The molecule has 4 nitrogen and oxygen atoms in total. The summed E-state index contributed by atoms with van der Waals surface area (Å²) in [5.74, 6) is -0.228. The Bertz CT molecular complexity index is 436. The summed E-state index contributed by atoms with van der Waals surface area (Å²) < 4.78 is 18.7. The quantitative estimate of drug-likeness (QED) is 0.901. The third kappa shape index (κ3) is 3.52. The Morgan fingerprint density at radius 3 is 2.74 bits per heavy atom. The molecule has 19 heavy (non-hydrogen) atoms. The van der Waals surface area contributed by atoms with Crippen molar-refractivity contribution in [2.24, 2.45) is 5.73 Å². The van der Waals surface area contributed by atoms with Gasteiger partial charge in [0, 0.05) is 19.5 Å². The average molecular weight is 266 g/mol. The van der Waals surface area contributed by atoms with E-state index in [1.165, 1.54) is 12.1 Å². The van der Waals surface area contributed by atoms with Crippen molar-refractivity contribution in [1.29, 1.82) is 0 Å². The molecule has 5 heteroatoms. The Kier molecular flexibility index (Phi) is 4.50. The van der Waals surface area contributed by atoms with Crippen LogP contribution in [0.25, 0.3) is 0 Å². The van der Waals surface area contributed by atoms with Crippen LogP contribution < -0.4 is 5.73 Å². The molecule has 2 rings (SSSR count). The second kappa shape index (κ2) is 6.12. The summed E-state index contributed by atoms with van der Waals surface area (Å²) in [5, 5.41) is 0. The molecule has 1 aliphatic heterocycles. The van der Waals surface area contributed by atoms with Crippen LogP contribution >= 0.6 is 0 Å².